The van der Waals surface area contributed by atoms with Gasteiger partial charge in [-0.3, -0.25) is 19.2 Å². The minimum Gasteiger partial charge on any atom is -0.481 e. The average molecular weight is 580 g/mol. The summed E-state index contributed by atoms with van der Waals surface area (Å²) in [6, 6.07) is 14.6. The van der Waals surface area contributed by atoms with Crippen LogP contribution in [-0.4, -0.2) is 89.5 Å². The van der Waals surface area contributed by atoms with Gasteiger partial charge in [-0.05, 0) is 23.6 Å². The first-order valence-electron chi connectivity index (χ1n) is 12.5. The van der Waals surface area contributed by atoms with Crippen LogP contribution in [0.25, 0.3) is 0 Å². The molecule has 1 aliphatic heterocycles. The summed E-state index contributed by atoms with van der Waals surface area (Å²) in [5.74, 6) is -1.79. The molecule has 0 spiro atoms. The fraction of sp³-hybridized carbons (Fsp3) is 0.407. The molecule has 13 heteroatoms. The number of nitrogens with zero attached hydrogens (tertiary/aromatic N) is 4. The van der Waals surface area contributed by atoms with Crippen molar-refractivity contribution in [1.29, 1.82) is 0 Å². The van der Waals surface area contributed by atoms with Crippen molar-refractivity contribution in [2.24, 2.45) is 0 Å². The number of hydrazine groups is 1. The topological polar surface area (TPSA) is 114 Å². The van der Waals surface area contributed by atoms with Gasteiger partial charge < -0.3 is 20.2 Å². The van der Waals surface area contributed by atoms with Crippen LogP contribution in [0.15, 0.2) is 54.6 Å². The van der Waals surface area contributed by atoms with Gasteiger partial charge in [0.15, 0.2) is 0 Å². The van der Waals surface area contributed by atoms with E-state index < -0.39 is 23.6 Å². The maximum absolute atomic E-state index is 13.6. The van der Waals surface area contributed by atoms with E-state index in [1.807, 2.05) is 30.3 Å². The van der Waals surface area contributed by atoms with E-state index in [0.29, 0.717) is 18.5 Å². The number of rotatable bonds is 11. The molecule has 0 aromatic heterocycles. The number of benzene rings is 2. The average Bonchev–Trinajstić information content (AvgIpc) is 2.90. The number of carbonyl (C=O) groups is 4. The van der Waals surface area contributed by atoms with Crippen LogP contribution in [0.4, 0.5) is 8.78 Å². The number of amides is 3. The van der Waals surface area contributed by atoms with Crippen molar-refractivity contribution in [3.8, 4) is 0 Å². The third-order valence-corrected chi connectivity index (χ3v) is 6.59. The van der Waals surface area contributed by atoms with Crippen LogP contribution in [0.1, 0.15) is 29.5 Å². The number of carboxylic acid groups (broad SMARTS) is 1. The van der Waals surface area contributed by atoms with Crippen LogP contribution in [0.2, 0.25) is 0 Å². The van der Waals surface area contributed by atoms with Gasteiger partial charge >= 0.3 is 5.97 Å². The fourth-order valence-electron chi connectivity index (χ4n) is 4.00. The molecule has 1 heterocycles. The zero-order valence-corrected chi connectivity index (χ0v) is 24.0. The summed E-state index contributed by atoms with van der Waals surface area (Å²) >= 11 is 0. The van der Waals surface area contributed by atoms with E-state index in [-0.39, 0.29) is 44.1 Å². The highest BCUT2D eigenvalue weighted by atomic mass is 31.0. The summed E-state index contributed by atoms with van der Waals surface area (Å²) in [6.07, 6.45) is 0.390. The maximum atomic E-state index is 13.6. The van der Waals surface area contributed by atoms with E-state index in [9.17, 15) is 28.0 Å². The number of hydrogen-bond donors (Lipinski definition) is 2. The molecule has 10 nitrogen and oxygen atoms in total. The van der Waals surface area contributed by atoms with Crippen LogP contribution in [0.5, 0.6) is 0 Å². The highest BCUT2D eigenvalue weighted by molar-refractivity contribution is 7.17. The second kappa shape index (κ2) is 15.4. The van der Waals surface area contributed by atoms with Crippen LogP contribution in [-0.2, 0) is 37.9 Å². The molecule has 0 bridgehead atoms. The van der Waals surface area contributed by atoms with Crippen LogP contribution in [0, 0.1) is 0 Å². The van der Waals surface area contributed by atoms with E-state index in [4.69, 9.17) is 5.11 Å². The fourth-order valence-corrected chi connectivity index (χ4v) is 4.18. The number of carboxylic acids is 1. The van der Waals surface area contributed by atoms with Crippen LogP contribution >= 0.6 is 9.24 Å². The number of carbonyl (C=O) groups excluding carboxylic acids is 3. The standard InChI is InChI=1S/C19H27F2N4O4P.C8H9NO/c1-22(10-13-5-4-6-14(9-13)19(20,21)30)18(29)15(7-8-17(27)28)25-12-24(3)23(2)11-16(25)26;10-7-9-6-8-4-2-1-3-5-8/h4-6,9,15H,7-8,10-12,30H2,1-3H3,(H,27,28);1-5,7H,6H2,(H,9,10). The van der Waals surface area contributed by atoms with Gasteiger partial charge in [-0.2, -0.15) is 8.78 Å². The molecule has 0 aliphatic carbocycles. The molecule has 3 rings (SSSR count). The van der Waals surface area contributed by atoms with Crippen molar-refractivity contribution >= 4 is 33.4 Å². The lowest BCUT2D eigenvalue weighted by Crippen LogP contribution is -2.61. The lowest BCUT2D eigenvalue weighted by atomic mass is 10.1. The molecule has 2 aromatic carbocycles. The van der Waals surface area contributed by atoms with Crippen LogP contribution < -0.4 is 5.32 Å². The zero-order chi connectivity index (χ0) is 29.9. The first-order chi connectivity index (χ1) is 18.8. The molecule has 0 radical (unpaired) electrons. The highest BCUT2D eigenvalue weighted by Gasteiger charge is 2.36. The maximum Gasteiger partial charge on any atom is 0.303 e. The molecule has 1 aliphatic rings. The number of nitrogens with one attached hydrogen (secondary N) is 1. The molecule has 1 saturated heterocycles. The molecule has 218 valence electrons. The van der Waals surface area contributed by atoms with Gasteiger partial charge in [-0.25, -0.2) is 10.0 Å². The molecule has 2 aromatic rings. The molecule has 2 atom stereocenters. The van der Waals surface area contributed by atoms with Crippen molar-refractivity contribution < 1.29 is 33.1 Å². The first-order valence-corrected chi connectivity index (χ1v) is 13.1. The monoisotopic (exact) mass is 579 g/mol. The highest BCUT2D eigenvalue weighted by Crippen LogP contribution is 2.35. The van der Waals surface area contributed by atoms with Gasteiger partial charge in [0.25, 0.3) is 5.66 Å². The van der Waals surface area contributed by atoms with Crippen molar-refractivity contribution in [2.45, 2.75) is 37.6 Å². The quantitative estimate of drug-likeness (QED) is 0.310. The Bertz CT molecular complexity index is 1150. The van der Waals surface area contributed by atoms with Crippen molar-refractivity contribution in [3.05, 3.63) is 71.3 Å². The minimum atomic E-state index is -3.08. The number of hydrogen-bond acceptors (Lipinski definition) is 6. The number of aliphatic carboxylic acids is 1. The van der Waals surface area contributed by atoms with Crippen molar-refractivity contribution in [2.75, 3.05) is 34.4 Å². The van der Waals surface area contributed by atoms with Crippen molar-refractivity contribution in [3.63, 3.8) is 0 Å². The van der Waals surface area contributed by atoms with Gasteiger partial charge in [0.05, 0.1) is 13.2 Å². The number of alkyl halides is 2. The van der Waals surface area contributed by atoms with E-state index in [1.54, 1.807) is 30.2 Å². The number of likely N-dealkylation sites (N-methyl/N-ethyl adjacent to an activating group) is 2. The summed E-state index contributed by atoms with van der Waals surface area (Å²) < 4.78 is 27.1. The molecule has 2 unspecified atom stereocenters. The van der Waals surface area contributed by atoms with Crippen molar-refractivity contribution in [1.82, 2.24) is 25.1 Å². The lowest BCUT2D eigenvalue weighted by molar-refractivity contribution is -0.165. The van der Waals surface area contributed by atoms with E-state index in [2.05, 4.69) is 5.32 Å². The predicted molar refractivity (Wildman–Crippen MR) is 149 cm³/mol. The molecular formula is C27H36F2N5O5P. The Balaban J connectivity index is 0.000000469. The normalized spacial score (nSPS) is 15.1. The van der Waals surface area contributed by atoms with E-state index in [0.717, 1.165) is 5.56 Å². The summed E-state index contributed by atoms with van der Waals surface area (Å²) in [5.41, 5.74) is -1.65. The Hall–Kier alpha value is -3.47. The zero-order valence-electron chi connectivity index (χ0n) is 22.8. The van der Waals surface area contributed by atoms with Gasteiger partial charge in [-0.1, -0.05) is 57.8 Å². The third-order valence-electron chi connectivity index (χ3n) is 6.26. The predicted octanol–water partition coefficient (Wildman–Crippen LogP) is 2.31. The Kier molecular flexibility index (Phi) is 12.6. The third kappa shape index (κ3) is 10.3. The second-order valence-corrected chi connectivity index (χ2v) is 10.2. The smallest absolute Gasteiger partial charge is 0.303 e. The second-order valence-electron chi connectivity index (χ2n) is 9.43. The lowest BCUT2D eigenvalue weighted by Gasteiger charge is -2.43. The van der Waals surface area contributed by atoms with E-state index in [1.165, 1.54) is 44.3 Å². The Morgan fingerprint density at radius 1 is 1.12 bits per heavy atom. The minimum absolute atomic E-state index is 0.0362. The van der Waals surface area contributed by atoms with Crippen LogP contribution in [0.3, 0.4) is 0 Å². The molecule has 2 N–H and O–H groups in total. The number of halogens is 2. The van der Waals surface area contributed by atoms with Gasteiger partial charge in [0, 0.05) is 46.2 Å². The molecule has 40 heavy (non-hydrogen) atoms. The van der Waals surface area contributed by atoms with Gasteiger partial charge in [0.1, 0.15) is 6.04 Å². The molecular weight excluding hydrogens is 543 g/mol. The first kappa shape index (κ1) is 32.7. The van der Waals surface area contributed by atoms with Gasteiger partial charge in [-0.15, -0.1) is 0 Å². The molecule has 3 amide bonds. The summed E-state index contributed by atoms with van der Waals surface area (Å²) in [6.45, 7) is 0.884. The Morgan fingerprint density at radius 2 is 1.77 bits per heavy atom. The van der Waals surface area contributed by atoms with E-state index >= 15 is 0 Å². The summed E-state index contributed by atoms with van der Waals surface area (Å²) in [4.78, 5) is 49.3. The largest absolute Gasteiger partial charge is 0.481 e. The Labute approximate surface area is 235 Å². The van der Waals surface area contributed by atoms with Gasteiger partial charge in [0.2, 0.25) is 18.2 Å². The molecule has 0 saturated carbocycles. The Morgan fingerprint density at radius 3 is 2.38 bits per heavy atom. The molecule has 1 fully saturated rings. The summed E-state index contributed by atoms with van der Waals surface area (Å²) in [5, 5.41) is 15.1. The summed E-state index contributed by atoms with van der Waals surface area (Å²) in [7, 11) is 6.48. The SMILES string of the molecule is CN(Cc1cccc(C(F)(F)P)c1)C(=O)C(CCC(=O)O)N1CN(C)N(C)CC1=O.O=CNCc1ccccc1.